The number of hydrogen-bond donors (Lipinski definition) is 2. The minimum Gasteiger partial charge on any atom is -0.465 e. The van der Waals surface area contributed by atoms with Gasteiger partial charge >= 0.3 is 5.97 Å². The number of ether oxygens (including phenoxy) is 1. The predicted molar refractivity (Wildman–Crippen MR) is 90.2 cm³/mol. The first-order valence-electron chi connectivity index (χ1n) is 7.63. The summed E-state index contributed by atoms with van der Waals surface area (Å²) in [5.41, 5.74) is 1.34. The molecule has 25 heavy (non-hydrogen) atoms. The molecule has 0 saturated carbocycles. The molecule has 2 N–H and O–H groups in total. The number of hydrogen-bond acceptors (Lipinski definition) is 6. The van der Waals surface area contributed by atoms with E-state index in [0.29, 0.717) is 22.4 Å². The van der Waals surface area contributed by atoms with Crippen molar-refractivity contribution in [2.75, 3.05) is 12.4 Å². The molecule has 130 valence electrons. The van der Waals surface area contributed by atoms with Crippen molar-refractivity contribution in [2.45, 2.75) is 19.6 Å². The Balaban J connectivity index is 2.08. The van der Waals surface area contributed by atoms with E-state index in [2.05, 4.69) is 15.4 Å². The van der Waals surface area contributed by atoms with E-state index >= 15 is 0 Å². The van der Waals surface area contributed by atoms with Gasteiger partial charge in [0.25, 0.3) is 0 Å². The molecule has 0 bridgehead atoms. The highest BCUT2D eigenvalue weighted by atomic mass is 19.1. The molecule has 0 radical (unpaired) electrons. The quantitative estimate of drug-likeness (QED) is 0.691. The Hall–Kier alpha value is -3.00. The Labute approximate surface area is 143 Å². The molecule has 3 aromatic rings. The lowest BCUT2D eigenvalue weighted by Gasteiger charge is -2.08. The van der Waals surface area contributed by atoms with E-state index in [1.807, 2.05) is 0 Å². The SMILES string of the molecule is COC(=O)c1ccncc1Nc1nn(CC(C)O)c2ccc(F)cc12. The summed E-state index contributed by atoms with van der Waals surface area (Å²) >= 11 is 0. The molecule has 0 aliphatic rings. The van der Waals surface area contributed by atoms with E-state index in [9.17, 15) is 14.3 Å². The standard InChI is InChI=1S/C17H17FN4O3/c1-10(23)9-22-15-4-3-11(18)7-13(15)16(21-22)20-14-8-19-6-5-12(14)17(24)25-2/h3-8,10,23H,9H2,1-2H3,(H,20,21). The van der Waals surface area contributed by atoms with Crippen LogP contribution in [0.2, 0.25) is 0 Å². The first kappa shape index (κ1) is 16.8. The number of aliphatic hydroxyl groups is 1. The first-order valence-corrected chi connectivity index (χ1v) is 7.63. The number of carbonyl (C=O) groups is 1. The van der Waals surface area contributed by atoms with Gasteiger partial charge in [0.05, 0.1) is 42.7 Å². The maximum absolute atomic E-state index is 13.7. The Bertz CT molecular complexity index is 923. The van der Waals surface area contributed by atoms with Gasteiger partial charge in [-0.2, -0.15) is 5.10 Å². The van der Waals surface area contributed by atoms with Gasteiger partial charge in [-0.1, -0.05) is 0 Å². The summed E-state index contributed by atoms with van der Waals surface area (Å²) in [5, 5.41) is 17.6. The Morgan fingerprint density at radius 2 is 2.24 bits per heavy atom. The van der Waals surface area contributed by atoms with Gasteiger partial charge in [0.1, 0.15) is 5.82 Å². The molecule has 1 unspecified atom stereocenters. The average molecular weight is 344 g/mol. The van der Waals surface area contributed by atoms with Gasteiger partial charge in [0, 0.05) is 11.6 Å². The van der Waals surface area contributed by atoms with Gasteiger partial charge in [-0.05, 0) is 31.2 Å². The highest BCUT2D eigenvalue weighted by Crippen LogP contribution is 2.28. The predicted octanol–water partition coefficient (Wildman–Crippen LogP) is 2.48. The van der Waals surface area contributed by atoms with E-state index < -0.39 is 17.9 Å². The highest BCUT2D eigenvalue weighted by Gasteiger charge is 2.17. The number of carbonyl (C=O) groups excluding carboxylic acids is 1. The molecule has 3 rings (SSSR count). The maximum atomic E-state index is 13.7. The molecular formula is C17H17FN4O3. The zero-order chi connectivity index (χ0) is 18.0. The van der Waals surface area contributed by atoms with Gasteiger partial charge in [-0.25, -0.2) is 9.18 Å². The normalized spacial score (nSPS) is 12.2. The number of benzene rings is 1. The van der Waals surface area contributed by atoms with E-state index in [0.717, 1.165) is 0 Å². The molecule has 8 heteroatoms. The Kier molecular flexibility index (Phi) is 4.62. The molecule has 0 fully saturated rings. The summed E-state index contributed by atoms with van der Waals surface area (Å²) in [6.45, 7) is 1.89. The van der Waals surface area contributed by atoms with Crippen LogP contribution in [0, 0.1) is 5.82 Å². The molecule has 0 aliphatic carbocycles. The van der Waals surface area contributed by atoms with Gasteiger partial charge in [0.2, 0.25) is 0 Å². The minimum absolute atomic E-state index is 0.251. The number of pyridine rings is 1. The summed E-state index contributed by atoms with van der Waals surface area (Å²) < 4.78 is 20.0. The van der Waals surface area contributed by atoms with Crippen LogP contribution in [0.1, 0.15) is 17.3 Å². The number of nitrogens with zero attached hydrogens (tertiary/aromatic N) is 3. The number of esters is 1. The lowest BCUT2D eigenvalue weighted by atomic mass is 10.2. The second-order valence-electron chi connectivity index (χ2n) is 5.58. The monoisotopic (exact) mass is 344 g/mol. The van der Waals surface area contributed by atoms with Crippen LogP contribution in [0.4, 0.5) is 15.9 Å². The summed E-state index contributed by atoms with van der Waals surface area (Å²) in [6.07, 6.45) is 2.32. The van der Waals surface area contributed by atoms with Crippen LogP contribution in [0.25, 0.3) is 10.9 Å². The van der Waals surface area contributed by atoms with Crippen molar-refractivity contribution in [1.82, 2.24) is 14.8 Å². The zero-order valence-corrected chi connectivity index (χ0v) is 13.7. The van der Waals surface area contributed by atoms with E-state index in [1.165, 1.54) is 37.7 Å². The molecule has 0 spiro atoms. The fourth-order valence-electron chi connectivity index (χ4n) is 2.54. The second kappa shape index (κ2) is 6.86. The Morgan fingerprint density at radius 1 is 1.44 bits per heavy atom. The van der Waals surface area contributed by atoms with Crippen molar-refractivity contribution < 1.29 is 19.0 Å². The molecule has 1 aromatic carbocycles. The van der Waals surface area contributed by atoms with Crippen LogP contribution in [0.5, 0.6) is 0 Å². The molecule has 2 heterocycles. The molecule has 7 nitrogen and oxygen atoms in total. The summed E-state index contributed by atoms with van der Waals surface area (Å²) in [5.74, 6) is -0.580. The van der Waals surface area contributed by atoms with Gasteiger partial charge in [-0.15, -0.1) is 0 Å². The maximum Gasteiger partial charge on any atom is 0.340 e. The highest BCUT2D eigenvalue weighted by molar-refractivity contribution is 5.98. The lowest BCUT2D eigenvalue weighted by molar-refractivity contribution is 0.0601. The molecule has 0 aliphatic heterocycles. The van der Waals surface area contributed by atoms with Crippen molar-refractivity contribution in [3.8, 4) is 0 Å². The minimum atomic E-state index is -0.620. The van der Waals surface area contributed by atoms with Crippen LogP contribution in [-0.4, -0.2) is 39.1 Å². The molecule has 0 saturated heterocycles. The lowest BCUT2D eigenvalue weighted by Crippen LogP contribution is -2.13. The smallest absolute Gasteiger partial charge is 0.340 e. The van der Waals surface area contributed by atoms with Crippen LogP contribution >= 0.6 is 0 Å². The van der Waals surface area contributed by atoms with E-state index in [1.54, 1.807) is 17.7 Å². The van der Waals surface area contributed by atoms with Gasteiger partial charge in [-0.3, -0.25) is 9.67 Å². The fraction of sp³-hybridized carbons (Fsp3) is 0.235. The second-order valence-corrected chi connectivity index (χ2v) is 5.58. The number of rotatable bonds is 5. The topological polar surface area (TPSA) is 89.3 Å². The van der Waals surface area contributed by atoms with Gasteiger partial charge in [0.15, 0.2) is 5.82 Å². The van der Waals surface area contributed by atoms with Crippen molar-refractivity contribution in [3.05, 3.63) is 48.0 Å². The van der Waals surface area contributed by atoms with Crippen LogP contribution in [0.3, 0.4) is 0 Å². The molecular weight excluding hydrogens is 327 g/mol. The number of nitrogens with one attached hydrogen (secondary N) is 1. The number of halogens is 1. The van der Waals surface area contributed by atoms with Crippen LogP contribution < -0.4 is 5.32 Å². The number of aromatic nitrogens is 3. The van der Waals surface area contributed by atoms with Crippen molar-refractivity contribution in [3.63, 3.8) is 0 Å². The fourth-order valence-corrected chi connectivity index (χ4v) is 2.54. The number of methoxy groups -OCH3 is 1. The molecule has 0 amide bonds. The summed E-state index contributed by atoms with van der Waals surface area (Å²) in [7, 11) is 1.29. The third kappa shape index (κ3) is 3.43. The summed E-state index contributed by atoms with van der Waals surface area (Å²) in [6, 6.07) is 5.78. The zero-order valence-electron chi connectivity index (χ0n) is 13.7. The largest absolute Gasteiger partial charge is 0.465 e. The van der Waals surface area contributed by atoms with Crippen molar-refractivity contribution >= 4 is 28.4 Å². The van der Waals surface area contributed by atoms with Gasteiger partial charge < -0.3 is 15.2 Å². The third-order valence-corrected chi connectivity index (χ3v) is 3.63. The molecule has 2 aromatic heterocycles. The number of aliphatic hydroxyl groups excluding tert-OH is 1. The van der Waals surface area contributed by atoms with Crippen LogP contribution in [0.15, 0.2) is 36.7 Å². The summed E-state index contributed by atoms with van der Waals surface area (Å²) in [4.78, 5) is 15.9. The van der Waals surface area contributed by atoms with Crippen molar-refractivity contribution in [2.24, 2.45) is 0 Å². The first-order chi connectivity index (χ1) is 12.0. The number of fused-ring (bicyclic) bond motifs is 1. The Morgan fingerprint density at radius 3 is 2.96 bits per heavy atom. The third-order valence-electron chi connectivity index (χ3n) is 3.63. The van der Waals surface area contributed by atoms with Crippen molar-refractivity contribution in [1.29, 1.82) is 0 Å². The molecule has 1 atom stereocenters. The van der Waals surface area contributed by atoms with Crippen LogP contribution in [-0.2, 0) is 11.3 Å². The van der Waals surface area contributed by atoms with E-state index in [4.69, 9.17) is 4.74 Å². The number of anilines is 2. The van der Waals surface area contributed by atoms with E-state index in [-0.39, 0.29) is 12.1 Å². The average Bonchev–Trinajstić information content (AvgIpc) is 2.90.